The second-order valence-corrected chi connectivity index (χ2v) is 4.87. The average Bonchev–Trinajstić information content (AvgIpc) is 2.77. The lowest BCUT2D eigenvalue weighted by Gasteiger charge is -2.17. The number of nitrogens with zero attached hydrogens (tertiary/aromatic N) is 1. The molecule has 1 aliphatic rings. The number of rotatable bonds is 1. The Hall–Kier alpha value is -2.04. The van der Waals surface area contributed by atoms with Gasteiger partial charge >= 0.3 is 5.97 Å². The Morgan fingerprint density at radius 2 is 2.35 bits per heavy atom. The number of aromatic carboxylic acids is 1. The fraction of sp³-hybridized carbons (Fsp3) is 0.333. The number of nitrogens with one attached hydrogen (secondary N) is 1. The van der Waals surface area contributed by atoms with Gasteiger partial charge in [0.2, 0.25) is 0 Å². The second kappa shape index (κ2) is 3.00. The van der Waals surface area contributed by atoms with Gasteiger partial charge in [0.05, 0.1) is 17.4 Å². The van der Waals surface area contributed by atoms with Crippen LogP contribution >= 0.6 is 0 Å². The molecule has 2 heterocycles. The van der Waals surface area contributed by atoms with E-state index in [1.165, 1.54) is 0 Å². The number of carbonyl (C=O) groups is 1. The highest BCUT2D eigenvalue weighted by molar-refractivity contribution is 5.98. The quantitative estimate of drug-likeness (QED) is 0.788. The molecule has 17 heavy (non-hydrogen) atoms. The molecule has 0 unspecified atom stereocenters. The summed E-state index contributed by atoms with van der Waals surface area (Å²) < 4.78 is 5.73. The smallest absolute Gasteiger partial charge is 0.339 e. The van der Waals surface area contributed by atoms with Crippen LogP contribution in [0.3, 0.4) is 0 Å². The Labute approximate surface area is 97.4 Å². The number of aromatic nitrogens is 2. The number of H-pyrrole nitrogens is 1. The van der Waals surface area contributed by atoms with E-state index in [0.717, 1.165) is 16.6 Å². The topological polar surface area (TPSA) is 75.2 Å². The minimum atomic E-state index is -0.976. The van der Waals surface area contributed by atoms with E-state index < -0.39 is 5.97 Å². The van der Waals surface area contributed by atoms with Crippen LogP contribution in [0, 0.1) is 0 Å². The van der Waals surface area contributed by atoms with Gasteiger partial charge in [-0.05, 0) is 19.9 Å². The zero-order valence-corrected chi connectivity index (χ0v) is 9.57. The molecule has 3 rings (SSSR count). The fourth-order valence-corrected chi connectivity index (χ4v) is 2.31. The third-order valence-electron chi connectivity index (χ3n) is 2.97. The number of carboxylic acids is 1. The first-order valence-corrected chi connectivity index (χ1v) is 5.39. The van der Waals surface area contributed by atoms with E-state index >= 15 is 0 Å². The molecular formula is C12H12N2O3. The minimum Gasteiger partial charge on any atom is -0.486 e. The molecular weight excluding hydrogens is 220 g/mol. The number of carboxylic acid groups (broad SMARTS) is 1. The summed E-state index contributed by atoms with van der Waals surface area (Å²) in [7, 11) is 0. The number of hydrogen-bond acceptors (Lipinski definition) is 3. The Morgan fingerprint density at radius 3 is 3.06 bits per heavy atom. The number of benzene rings is 1. The van der Waals surface area contributed by atoms with Crippen molar-refractivity contribution in [2.24, 2.45) is 0 Å². The highest BCUT2D eigenvalue weighted by Crippen LogP contribution is 2.41. The van der Waals surface area contributed by atoms with Gasteiger partial charge in [-0.1, -0.05) is 0 Å². The maximum Gasteiger partial charge on any atom is 0.339 e. The van der Waals surface area contributed by atoms with E-state index in [1.54, 1.807) is 12.4 Å². The molecule has 2 N–H and O–H groups in total. The molecule has 0 spiro atoms. The van der Waals surface area contributed by atoms with E-state index in [-0.39, 0.29) is 11.2 Å². The van der Waals surface area contributed by atoms with E-state index in [4.69, 9.17) is 4.74 Å². The first kappa shape index (κ1) is 10.1. The monoisotopic (exact) mass is 232 g/mol. The van der Waals surface area contributed by atoms with Gasteiger partial charge in [-0.25, -0.2) is 9.78 Å². The summed E-state index contributed by atoms with van der Waals surface area (Å²) in [6.45, 7) is 3.88. The van der Waals surface area contributed by atoms with Crippen LogP contribution in [0.1, 0.15) is 29.8 Å². The van der Waals surface area contributed by atoms with Crippen molar-refractivity contribution < 1.29 is 14.6 Å². The molecule has 0 saturated heterocycles. The van der Waals surface area contributed by atoms with Gasteiger partial charge in [0, 0.05) is 12.0 Å². The third-order valence-corrected chi connectivity index (χ3v) is 2.97. The Bertz CT molecular complexity index is 628. The molecule has 0 aliphatic carbocycles. The summed E-state index contributed by atoms with van der Waals surface area (Å²) in [5, 5.41) is 9.20. The van der Waals surface area contributed by atoms with Gasteiger partial charge in [-0.3, -0.25) is 0 Å². The lowest BCUT2D eigenvalue weighted by molar-refractivity contribution is 0.0685. The number of fused-ring (bicyclic) bond motifs is 3. The Morgan fingerprint density at radius 1 is 1.59 bits per heavy atom. The van der Waals surface area contributed by atoms with Crippen molar-refractivity contribution in [2.75, 3.05) is 0 Å². The third kappa shape index (κ3) is 1.39. The van der Waals surface area contributed by atoms with Gasteiger partial charge in [0.1, 0.15) is 16.9 Å². The van der Waals surface area contributed by atoms with Crippen molar-refractivity contribution in [3.05, 3.63) is 23.5 Å². The maximum atomic E-state index is 11.2. The van der Waals surface area contributed by atoms with Crippen LogP contribution in [0.2, 0.25) is 0 Å². The van der Waals surface area contributed by atoms with Crippen molar-refractivity contribution in [2.45, 2.75) is 25.9 Å². The summed E-state index contributed by atoms with van der Waals surface area (Å²) in [4.78, 5) is 18.4. The molecule has 0 atom stereocenters. The minimum absolute atomic E-state index is 0.197. The van der Waals surface area contributed by atoms with Crippen LogP contribution in [-0.2, 0) is 6.42 Å². The Kier molecular flexibility index (Phi) is 1.79. The summed E-state index contributed by atoms with van der Waals surface area (Å²) in [5.74, 6) is -0.516. The van der Waals surface area contributed by atoms with Crippen LogP contribution in [0.25, 0.3) is 11.0 Å². The lowest BCUT2D eigenvalue weighted by Crippen LogP contribution is -2.25. The highest BCUT2D eigenvalue weighted by Gasteiger charge is 2.35. The van der Waals surface area contributed by atoms with Crippen molar-refractivity contribution in [1.29, 1.82) is 0 Å². The molecule has 1 aromatic heterocycles. The lowest BCUT2D eigenvalue weighted by atomic mass is 9.99. The molecule has 0 amide bonds. The largest absolute Gasteiger partial charge is 0.486 e. The highest BCUT2D eigenvalue weighted by atomic mass is 16.5. The predicted molar refractivity (Wildman–Crippen MR) is 61.5 cm³/mol. The fourth-order valence-electron chi connectivity index (χ4n) is 2.31. The molecule has 0 bridgehead atoms. The van der Waals surface area contributed by atoms with Crippen molar-refractivity contribution in [1.82, 2.24) is 9.97 Å². The van der Waals surface area contributed by atoms with Gasteiger partial charge in [-0.15, -0.1) is 0 Å². The van der Waals surface area contributed by atoms with Crippen molar-refractivity contribution in [3.63, 3.8) is 0 Å². The van der Waals surface area contributed by atoms with Gasteiger partial charge in [-0.2, -0.15) is 0 Å². The van der Waals surface area contributed by atoms with Gasteiger partial charge in [0.15, 0.2) is 0 Å². The molecule has 0 radical (unpaired) electrons. The number of aromatic amines is 1. The van der Waals surface area contributed by atoms with Crippen LogP contribution in [0.4, 0.5) is 0 Å². The normalized spacial score (nSPS) is 16.8. The van der Waals surface area contributed by atoms with E-state index in [9.17, 15) is 9.90 Å². The zero-order valence-electron chi connectivity index (χ0n) is 9.57. The molecule has 2 aromatic rings. The van der Waals surface area contributed by atoms with E-state index in [2.05, 4.69) is 9.97 Å². The van der Waals surface area contributed by atoms with Crippen LogP contribution in [0.15, 0.2) is 12.4 Å². The van der Waals surface area contributed by atoms with Crippen LogP contribution in [-0.4, -0.2) is 26.6 Å². The average molecular weight is 232 g/mol. The summed E-state index contributed by atoms with van der Waals surface area (Å²) in [6.07, 6.45) is 2.24. The Balaban J connectivity index is 2.35. The van der Waals surface area contributed by atoms with Crippen LogP contribution in [0.5, 0.6) is 5.75 Å². The van der Waals surface area contributed by atoms with Crippen molar-refractivity contribution >= 4 is 17.0 Å². The van der Waals surface area contributed by atoms with E-state index in [0.29, 0.717) is 12.2 Å². The molecule has 5 nitrogen and oxygen atoms in total. The van der Waals surface area contributed by atoms with Crippen molar-refractivity contribution in [3.8, 4) is 5.75 Å². The molecule has 5 heteroatoms. The second-order valence-electron chi connectivity index (χ2n) is 4.87. The summed E-state index contributed by atoms with van der Waals surface area (Å²) in [6, 6.07) is 1.57. The zero-order chi connectivity index (χ0) is 12.2. The maximum absolute atomic E-state index is 11.2. The SMILES string of the molecule is CC1(C)Cc2c(c(C(=O)O)cc3[nH]cnc23)O1. The molecule has 0 fully saturated rings. The molecule has 1 aliphatic heterocycles. The van der Waals surface area contributed by atoms with Crippen LogP contribution < -0.4 is 4.74 Å². The summed E-state index contributed by atoms with van der Waals surface area (Å²) >= 11 is 0. The standard InChI is InChI=1S/C12H12N2O3/c1-12(2)4-7-9-8(13-5-14-9)3-6(11(15)16)10(7)17-12/h3,5H,4H2,1-2H3,(H,13,14)(H,15,16). The predicted octanol–water partition coefficient (Wildman–Crippen LogP) is 1.97. The van der Waals surface area contributed by atoms with Gasteiger partial charge < -0.3 is 14.8 Å². The van der Waals surface area contributed by atoms with Gasteiger partial charge in [0.25, 0.3) is 0 Å². The van der Waals surface area contributed by atoms with E-state index in [1.807, 2.05) is 13.8 Å². The molecule has 1 aromatic carbocycles. The number of imidazole rings is 1. The first-order chi connectivity index (χ1) is 7.98. The number of ether oxygens (including phenoxy) is 1. The number of hydrogen-bond donors (Lipinski definition) is 2. The molecule has 88 valence electrons. The summed E-state index contributed by atoms with van der Waals surface area (Å²) in [5.41, 5.74) is 2.24. The molecule has 0 saturated carbocycles. The first-order valence-electron chi connectivity index (χ1n) is 5.39.